The van der Waals surface area contributed by atoms with Gasteiger partial charge in [-0.3, -0.25) is 0 Å². The Balaban J connectivity index is 3.05. The molecule has 78 valence electrons. The van der Waals surface area contributed by atoms with E-state index in [0.29, 0.717) is 10.9 Å². The molecule has 0 amide bonds. The Morgan fingerprint density at radius 3 is 2.67 bits per heavy atom. The third-order valence-electron chi connectivity index (χ3n) is 2.15. The third kappa shape index (κ3) is 1.43. The van der Waals surface area contributed by atoms with Gasteiger partial charge >= 0.3 is 5.63 Å². The number of phenols is 2. The molecular formula is C10H7ClO4. The monoisotopic (exact) mass is 226 g/mol. The molecule has 1 aromatic carbocycles. The lowest BCUT2D eigenvalue weighted by atomic mass is 10.1. The van der Waals surface area contributed by atoms with Crippen LogP contribution < -0.4 is 5.63 Å². The van der Waals surface area contributed by atoms with Crippen molar-refractivity contribution >= 4 is 22.6 Å². The standard InChI is InChI=1S/C10H7ClO4/c1-4-8-6(13)2-5(12)3-7(8)15-10(14)9(4)11/h2-3,12-13H,1H3. The first kappa shape index (κ1) is 9.86. The first-order chi connectivity index (χ1) is 7.00. The number of phenolic OH excluding ortho intramolecular Hbond substituents is 2. The van der Waals surface area contributed by atoms with Gasteiger partial charge in [-0.2, -0.15) is 0 Å². The predicted molar refractivity (Wildman–Crippen MR) is 55.6 cm³/mol. The van der Waals surface area contributed by atoms with Gasteiger partial charge in [0.15, 0.2) is 0 Å². The minimum Gasteiger partial charge on any atom is -0.508 e. The second kappa shape index (κ2) is 3.17. The van der Waals surface area contributed by atoms with E-state index in [1.54, 1.807) is 6.92 Å². The second-order valence-corrected chi connectivity index (χ2v) is 3.54. The van der Waals surface area contributed by atoms with Crippen molar-refractivity contribution < 1.29 is 14.6 Å². The molecule has 0 aliphatic rings. The van der Waals surface area contributed by atoms with Gasteiger partial charge in [0.2, 0.25) is 0 Å². The van der Waals surface area contributed by atoms with Crippen LogP contribution in [0.1, 0.15) is 5.56 Å². The van der Waals surface area contributed by atoms with Gasteiger partial charge in [-0.1, -0.05) is 11.6 Å². The Bertz CT molecular complexity index is 600. The molecule has 2 N–H and O–H groups in total. The highest BCUT2D eigenvalue weighted by molar-refractivity contribution is 6.32. The number of fused-ring (bicyclic) bond motifs is 1. The fourth-order valence-corrected chi connectivity index (χ4v) is 1.58. The molecular weight excluding hydrogens is 220 g/mol. The van der Waals surface area contributed by atoms with Crippen LogP contribution in [-0.2, 0) is 0 Å². The van der Waals surface area contributed by atoms with Gasteiger partial charge in [0.05, 0.1) is 5.39 Å². The lowest BCUT2D eigenvalue weighted by molar-refractivity contribution is 0.451. The van der Waals surface area contributed by atoms with Gasteiger partial charge in [-0.05, 0) is 12.5 Å². The smallest absolute Gasteiger partial charge is 0.355 e. The van der Waals surface area contributed by atoms with Crippen LogP contribution >= 0.6 is 11.6 Å². The zero-order chi connectivity index (χ0) is 11.2. The Morgan fingerprint density at radius 2 is 2.00 bits per heavy atom. The molecule has 0 fully saturated rings. The van der Waals surface area contributed by atoms with E-state index in [2.05, 4.69) is 0 Å². The highest BCUT2D eigenvalue weighted by Crippen LogP contribution is 2.33. The molecule has 4 nitrogen and oxygen atoms in total. The predicted octanol–water partition coefficient (Wildman–Crippen LogP) is 2.17. The molecule has 1 aromatic heterocycles. The maximum atomic E-state index is 11.2. The van der Waals surface area contributed by atoms with Crippen molar-refractivity contribution in [1.29, 1.82) is 0 Å². The summed E-state index contributed by atoms with van der Waals surface area (Å²) in [6, 6.07) is 2.41. The number of rotatable bonds is 0. The highest BCUT2D eigenvalue weighted by Gasteiger charge is 2.13. The molecule has 0 radical (unpaired) electrons. The zero-order valence-electron chi connectivity index (χ0n) is 7.74. The van der Waals surface area contributed by atoms with Crippen molar-refractivity contribution in [3.63, 3.8) is 0 Å². The fourth-order valence-electron chi connectivity index (χ4n) is 1.45. The summed E-state index contributed by atoms with van der Waals surface area (Å²) in [5, 5.41) is 19.0. The molecule has 5 heteroatoms. The summed E-state index contributed by atoms with van der Waals surface area (Å²) in [5.41, 5.74) is -0.147. The molecule has 0 aliphatic heterocycles. The Morgan fingerprint density at radius 1 is 1.33 bits per heavy atom. The lowest BCUT2D eigenvalue weighted by Crippen LogP contribution is -2.01. The quantitative estimate of drug-likeness (QED) is 0.676. The summed E-state index contributed by atoms with van der Waals surface area (Å²) < 4.78 is 4.83. The number of hydrogen-bond donors (Lipinski definition) is 2. The summed E-state index contributed by atoms with van der Waals surface area (Å²) >= 11 is 5.69. The average Bonchev–Trinajstić information content (AvgIpc) is 2.13. The molecule has 0 unspecified atom stereocenters. The Hall–Kier alpha value is -1.68. The molecule has 0 saturated heterocycles. The summed E-state index contributed by atoms with van der Waals surface area (Å²) in [4.78, 5) is 11.2. The first-order valence-electron chi connectivity index (χ1n) is 4.15. The fraction of sp³-hybridized carbons (Fsp3) is 0.100. The number of aryl methyl sites for hydroxylation is 1. The molecule has 15 heavy (non-hydrogen) atoms. The van der Waals surface area contributed by atoms with Crippen molar-refractivity contribution in [3.05, 3.63) is 33.1 Å². The van der Waals surface area contributed by atoms with Gasteiger partial charge in [-0.15, -0.1) is 0 Å². The highest BCUT2D eigenvalue weighted by atomic mass is 35.5. The van der Waals surface area contributed by atoms with E-state index in [9.17, 15) is 15.0 Å². The number of aromatic hydroxyl groups is 2. The van der Waals surface area contributed by atoms with Crippen molar-refractivity contribution in [2.45, 2.75) is 6.92 Å². The average molecular weight is 227 g/mol. The van der Waals surface area contributed by atoms with Gasteiger partial charge < -0.3 is 14.6 Å². The van der Waals surface area contributed by atoms with Crippen molar-refractivity contribution in [2.24, 2.45) is 0 Å². The van der Waals surface area contributed by atoms with Gasteiger partial charge in [0.25, 0.3) is 0 Å². The maximum Gasteiger partial charge on any atom is 0.355 e. The SMILES string of the molecule is Cc1c(Cl)c(=O)oc2cc(O)cc(O)c12. The van der Waals surface area contributed by atoms with Crippen LogP contribution in [0.5, 0.6) is 11.5 Å². The van der Waals surface area contributed by atoms with Gasteiger partial charge in [0, 0.05) is 12.1 Å². The Labute approximate surface area is 89.3 Å². The van der Waals surface area contributed by atoms with E-state index in [0.717, 1.165) is 6.07 Å². The van der Waals surface area contributed by atoms with E-state index in [-0.39, 0.29) is 22.1 Å². The van der Waals surface area contributed by atoms with Gasteiger partial charge in [-0.25, -0.2) is 4.79 Å². The number of hydrogen-bond acceptors (Lipinski definition) is 4. The van der Waals surface area contributed by atoms with E-state index in [1.165, 1.54) is 6.07 Å². The maximum absolute atomic E-state index is 11.2. The Kier molecular flexibility index (Phi) is 2.08. The van der Waals surface area contributed by atoms with Crippen LogP contribution in [0.15, 0.2) is 21.3 Å². The van der Waals surface area contributed by atoms with Crippen LogP contribution in [0.2, 0.25) is 5.02 Å². The molecule has 2 rings (SSSR count). The van der Waals surface area contributed by atoms with Crippen LogP contribution in [0.3, 0.4) is 0 Å². The largest absolute Gasteiger partial charge is 0.508 e. The van der Waals surface area contributed by atoms with Crippen molar-refractivity contribution in [1.82, 2.24) is 0 Å². The molecule has 0 spiro atoms. The third-order valence-corrected chi connectivity index (χ3v) is 2.59. The number of benzene rings is 1. The van der Waals surface area contributed by atoms with Crippen LogP contribution in [-0.4, -0.2) is 10.2 Å². The van der Waals surface area contributed by atoms with Gasteiger partial charge in [0.1, 0.15) is 22.1 Å². The number of halogens is 1. The molecule has 0 bridgehead atoms. The van der Waals surface area contributed by atoms with E-state index in [4.69, 9.17) is 16.0 Å². The molecule has 2 aromatic rings. The minimum atomic E-state index is -0.688. The lowest BCUT2D eigenvalue weighted by Gasteiger charge is -2.05. The molecule has 0 atom stereocenters. The van der Waals surface area contributed by atoms with Crippen LogP contribution in [0.25, 0.3) is 11.0 Å². The summed E-state index contributed by atoms with van der Waals surface area (Å²) in [7, 11) is 0. The topological polar surface area (TPSA) is 70.7 Å². The van der Waals surface area contributed by atoms with E-state index in [1.807, 2.05) is 0 Å². The summed E-state index contributed by atoms with van der Waals surface area (Å²) in [6.45, 7) is 1.60. The zero-order valence-corrected chi connectivity index (χ0v) is 8.50. The summed E-state index contributed by atoms with van der Waals surface area (Å²) in [6.07, 6.45) is 0. The molecule has 1 heterocycles. The molecule has 0 saturated carbocycles. The minimum absolute atomic E-state index is 0.0662. The normalized spacial score (nSPS) is 10.8. The van der Waals surface area contributed by atoms with E-state index >= 15 is 0 Å². The summed E-state index contributed by atoms with van der Waals surface area (Å²) in [5.74, 6) is -0.349. The first-order valence-corrected chi connectivity index (χ1v) is 4.53. The van der Waals surface area contributed by atoms with Crippen molar-refractivity contribution in [2.75, 3.05) is 0 Å². The van der Waals surface area contributed by atoms with Crippen LogP contribution in [0, 0.1) is 6.92 Å². The second-order valence-electron chi connectivity index (χ2n) is 3.17. The molecule has 0 aliphatic carbocycles. The van der Waals surface area contributed by atoms with Crippen LogP contribution in [0.4, 0.5) is 0 Å². The van der Waals surface area contributed by atoms with E-state index < -0.39 is 5.63 Å². The van der Waals surface area contributed by atoms with Crippen molar-refractivity contribution in [3.8, 4) is 11.5 Å².